The van der Waals surface area contributed by atoms with Crippen LogP contribution in [0.1, 0.15) is 5.76 Å². The molecular weight excluding hydrogens is 206 g/mol. The number of nitrogens with zero attached hydrogens (tertiary/aromatic N) is 1. The van der Waals surface area contributed by atoms with Crippen molar-refractivity contribution in [2.75, 3.05) is 5.75 Å². The molecule has 0 unspecified atom stereocenters. The van der Waals surface area contributed by atoms with Crippen LogP contribution in [0.25, 0.3) is 0 Å². The van der Waals surface area contributed by atoms with Crippen molar-refractivity contribution in [3.8, 4) is 0 Å². The van der Waals surface area contributed by atoms with Gasteiger partial charge in [-0.2, -0.15) is 0 Å². The van der Waals surface area contributed by atoms with E-state index in [0.717, 1.165) is 10.1 Å². The molecule has 0 aromatic carbocycles. The van der Waals surface area contributed by atoms with E-state index in [4.69, 9.17) is 16.6 Å². The van der Waals surface area contributed by atoms with Gasteiger partial charge in [0.25, 0.3) is 0 Å². The van der Waals surface area contributed by atoms with E-state index < -0.39 is 6.23 Å². The van der Waals surface area contributed by atoms with Crippen LogP contribution in [-0.4, -0.2) is 26.3 Å². The van der Waals surface area contributed by atoms with Crippen LogP contribution in [0.3, 0.4) is 0 Å². The first-order valence-corrected chi connectivity index (χ1v) is 5.30. The Morgan fingerprint density at radius 3 is 3.15 bits per heavy atom. The van der Waals surface area contributed by atoms with E-state index in [0.29, 0.717) is 12.3 Å². The summed E-state index contributed by atoms with van der Waals surface area (Å²) < 4.78 is 5.91. The maximum atomic E-state index is 9.53. The van der Waals surface area contributed by atoms with E-state index in [9.17, 15) is 5.11 Å². The Balaban J connectivity index is 2.05. The topological polar surface area (TPSA) is 36.6 Å². The zero-order valence-electron chi connectivity index (χ0n) is 6.84. The van der Waals surface area contributed by atoms with E-state index >= 15 is 0 Å². The molecule has 3 nitrogen and oxygen atoms in total. The highest BCUT2D eigenvalue weighted by molar-refractivity contribution is 8.23. The molecule has 0 amide bonds. The van der Waals surface area contributed by atoms with Gasteiger partial charge in [-0.15, -0.1) is 0 Å². The first-order valence-electron chi connectivity index (χ1n) is 3.91. The minimum absolute atomic E-state index is 0.470. The van der Waals surface area contributed by atoms with Crippen molar-refractivity contribution in [2.45, 2.75) is 12.8 Å². The van der Waals surface area contributed by atoms with Crippen LogP contribution in [0.15, 0.2) is 22.8 Å². The van der Waals surface area contributed by atoms with Crippen LogP contribution in [-0.2, 0) is 6.54 Å². The molecule has 1 atom stereocenters. The number of hydrogen-bond acceptors (Lipinski definition) is 4. The molecule has 1 aromatic rings. The van der Waals surface area contributed by atoms with Crippen LogP contribution in [0.5, 0.6) is 0 Å². The smallest absolute Gasteiger partial charge is 0.138 e. The third-order valence-electron chi connectivity index (χ3n) is 1.86. The third-order valence-corrected chi connectivity index (χ3v) is 3.39. The number of thioether (sulfide) groups is 1. The zero-order valence-corrected chi connectivity index (χ0v) is 8.48. The SMILES string of the molecule is O[C@@H]1CSC(=S)N1Cc1ccco1. The molecule has 1 fully saturated rings. The Morgan fingerprint density at radius 1 is 1.77 bits per heavy atom. The Hall–Kier alpha value is -0.520. The highest BCUT2D eigenvalue weighted by Gasteiger charge is 2.27. The van der Waals surface area contributed by atoms with Gasteiger partial charge in [0, 0.05) is 5.75 Å². The molecule has 5 heteroatoms. The summed E-state index contributed by atoms with van der Waals surface area (Å²) in [5, 5.41) is 9.53. The molecule has 0 saturated carbocycles. The van der Waals surface area contributed by atoms with Crippen molar-refractivity contribution >= 4 is 28.3 Å². The van der Waals surface area contributed by atoms with Gasteiger partial charge in [-0.3, -0.25) is 0 Å². The van der Waals surface area contributed by atoms with Gasteiger partial charge in [0.15, 0.2) is 0 Å². The molecule has 1 aromatic heterocycles. The second kappa shape index (κ2) is 3.69. The Labute approximate surface area is 85.7 Å². The van der Waals surface area contributed by atoms with Gasteiger partial charge in [-0.05, 0) is 12.1 Å². The first kappa shape index (κ1) is 9.05. The van der Waals surface area contributed by atoms with Crippen molar-refractivity contribution in [2.24, 2.45) is 0 Å². The molecule has 1 aliphatic rings. The molecule has 0 spiro atoms. The van der Waals surface area contributed by atoms with Gasteiger partial charge < -0.3 is 14.4 Å². The molecule has 0 aliphatic carbocycles. The second-order valence-electron chi connectivity index (χ2n) is 2.76. The van der Waals surface area contributed by atoms with E-state index in [2.05, 4.69) is 0 Å². The molecule has 1 N–H and O–H groups in total. The highest BCUT2D eigenvalue weighted by atomic mass is 32.2. The lowest BCUT2D eigenvalue weighted by molar-refractivity contribution is 0.0751. The quantitative estimate of drug-likeness (QED) is 0.755. The number of furan rings is 1. The minimum Gasteiger partial charge on any atom is -0.467 e. The summed E-state index contributed by atoms with van der Waals surface area (Å²) >= 11 is 6.58. The van der Waals surface area contributed by atoms with Gasteiger partial charge in [-0.25, -0.2) is 0 Å². The second-order valence-corrected chi connectivity index (χ2v) is 4.42. The first-order chi connectivity index (χ1) is 6.27. The zero-order chi connectivity index (χ0) is 9.26. The fourth-order valence-corrected chi connectivity index (χ4v) is 2.39. The monoisotopic (exact) mass is 215 g/mol. The van der Waals surface area contributed by atoms with Crippen molar-refractivity contribution in [1.82, 2.24) is 4.90 Å². The highest BCUT2D eigenvalue weighted by Crippen LogP contribution is 2.24. The normalized spacial score (nSPS) is 22.7. The predicted octanol–water partition coefficient (Wildman–Crippen LogP) is 1.43. The number of rotatable bonds is 2. The van der Waals surface area contributed by atoms with Crippen LogP contribution in [0, 0.1) is 0 Å². The standard InChI is InChI=1S/C8H9NO2S2/c10-7-5-13-8(12)9(7)4-6-2-1-3-11-6/h1-3,7,10H,4-5H2/t7-/m1/s1. The summed E-state index contributed by atoms with van der Waals surface area (Å²) in [5.74, 6) is 1.48. The van der Waals surface area contributed by atoms with Crippen molar-refractivity contribution < 1.29 is 9.52 Å². The van der Waals surface area contributed by atoms with Gasteiger partial charge in [0.1, 0.15) is 16.3 Å². The predicted molar refractivity (Wildman–Crippen MR) is 55.3 cm³/mol. The number of hydrogen-bond donors (Lipinski definition) is 1. The number of aliphatic hydroxyl groups is 1. The van der Waals surface area contributed by atoms with E-state index in [1.54, 1.807) is 11.2 Å². The average molecular weight is 215 g/mol. The van der Waals surface area contributed by atoms with Gasteiger partial charge in [-0.1, -0.05) is 24.0 Å². The lowest BCUT2D eigenvalue weighted by Crippen LogP contribution is -2.31. The molecule has 0 bridgehead atoms. The summed E-state index contributed by atoms with van der Waals surface area (Å²) in [6, 6.07) is 3.70. The summed E-state index contributed by atoms with van der Waals surface area (Å²) in [4.78, 5) is 1.76. The van der Waals surface area contributed by atoms with E-state index in [-0.39, 0.29) is 0 Å². The Bertz CT molecular complexity index is 299. The lowest BCUT2D eigenvalue weighted by atomic mass is 10.4. The maximum Gasteiger partial charge on any atom is 0.138 e. The minimum atomic E-state index is -0.470. The summed E-state index contributed by atoms with van der Waals surface area (Å²) in [7, 11) is 0. The van der Waals surface area contributed by atoms with Crippen LogP contribution >= 0.6 is 24.0 Å². The van der Waals surface area contributed by atoms with Gasteiger partial charge in [0.05, 0.1) is 12.8 Å². The molecule has 70 valence electrons. The van der Waals surface area contributed by atoms with Crippen molar-refractivity contribution in [3.63, 3.8) is 0 Å². The lowest BCUT2D eigenvalue weighted by Gasteiger charge is -2.19. The van der Waals surface area contributed by atoms with Gasteiger partial charge >= 0.3 is 0 Å². The maximum absolute atomic E-state index is 9.53. The Kier molecular flexibility index (Phi) is 2.57. The fourth-order valence-electron chi connectivity index (χ4n) is 1.18. The summed E-state index contributed by atoms with van der Waals surface area (Å²) in [6.45, 7) is 0.556. The fraction of sp³-hybridized carbons (Fsp3) is 0.375. The van der Waals surface area contributed by atoms with Crippen LogP contribution < -0.4 is 0 Å². The van der Waals surface area contributed by atoms with Crippen molar-refractivity contribution in [1.29, 1.82) is 0 Å². The molecule has 2 heterocycles. The molecule has 0 radical (unpaired) electrons. The molecule has 1 aliphatic heterocycles. The van der Waals surface area contributed by atoms with E-state index in [1.165, 1.54) is 11.8 Å². The Morgan fingerprint density at radius 2 is 2.62 bits per heavy atom. The van der Waals surface area contributed by atoms with Gasteiger partial charge in [0.2, 0.25) is 0 Å². The van der Waals surface area contributed by atoms with Crippen LogP contribution in [0.4, 0.5) is 0 Å². The average Bonchev–Trinajstić information content (AvgIpc) is 2.70. The third kappa shape index (κ3) is 1.87. The largest absolute Gasteiger partial charge is 0.467 e. The molecule has 13 heavy (non-hydrogen) atoms. The molecule has 2 rings (SSSR count). The van der Waals surface area contributed by atoms with Crippen LogP contribution in [0.2, 0.25) is 0 Å². The summed E-state index contributed by atoms with van der Waals surface area (Å²) in [6.07, 6.45) is 1.15. The van der Waals surface area contributed by atoms with Crippen molar-refractivity contribution in [3.05, 3.63) is 24.2 Å². The van der Waals surface area contributed by atoms with E-state index in [1.807, 2.05) is 12.1 Å². The summed E-state index contributed by atoms with van der Waals surface area (Å²) in [5.41, 5.74) is 0. The number of thiocarbonyl (C=S) groups is 1. The molecular formula is C8H9NO2S2. The number of aliphatic hydroxyl groups excluding tert-OH is 1. The molecule has 1 saturated heterocycles.